The third-order valence-corrected chi connectivity index (χ3v) is 0.908. The molecule has 0 fully saturated rings. The number of carbonyl (C=O) groups is 2. The second-order valence-corrected chi connectivity index (χ2v) is 2.24. The standard InChI is InChI=1S/2C4H8O2.Mg.2H2O/c2*1-2-3-4(5)6;;;/h2*2-3H2,1H3,(H,5,6);;2*1H2/q;;+2;;/p-2. The molecule has 0 aromatic heterocycles. The predicted molar refractivity (Wildman–Crippen MR) is 52.8 cm³/mol. The first-order valence-electron chi connectivity index (χ1n) is 3.94. The van der Waals surface area contributed by atoms with Crippen LogP contribution < -0.4 is 10.2 Å². The van der Waals surface area contributed by atoms with E-state index < -0.39 is 11.9 Å². The van der Waals surface area contributed by atoms with Gasteiger partial charge in [-0.2, -0.15) is 0 Å². The van der Waals surface area contributed by atoms with E-state index in [2.05, 4.69) is 0 Å². The Labute approximate surface area is 105 Å². The van der Waals surface area contributed by atoms with E-state index in [9.17, 15) is 19.8 Å². The van der Waals surface area contributed by atoms with Gasteiger partial charge in [-0.3, -0.25) is 0 Å². The Balaban J connectivity index is -0.0000000370. The van der Waals surface area contributed by atoms with E-state index >= 15 is 0 Å². The summed E-state index contributed by atoms with van der Waals surface area (Å²) in [6.07, 6.45) is 1.70. The minimum atomic E-state index is -0.961. The van der Waals surface area contributed by atoms with E-state index in [0.717, 1.165) is 0 Å². The average Bonchev–Trinajstić information content (AvgIpc) is 1.87. The normalized spacial score (nSPS) is 6.53. The maximum absolute atomic E-state index is 9.49. The summed E-state index contributed by atoms with van der Waals surface area (Å²) in [7, 11) is 0. The summed E-state index contributed by atoms with van der Waals surface area (Å²) >= 11 is 0. The molecule has 7 heteroatoms. The quantitative estimate of drug-likeness (QED) is 0.479. The number of hydrogen-bond donors (Lipinski definition) is 0. The van der Waals surface area contributed by atoms with Crippen LogP contribution in [0.1, 0.15) is 39.5 Å². The maximum atomic E-state index is 9.49. The fourth-order valence-electron chi connectivity index (χ4n) is 0.408. The maximum Gasteiger partial charge on any atom is 2.00 e. The van der Waals surface area contributed by atoms with Crippen LogP contribution >= 0.6 is 0 Å². The van der Waals surface area contributed by atoms with Crippen molar-refractivity contribution in [3.63, 3.8) is 0 Å². The Bertz CT molecular complexity index is 123. The molecule has 0 aliphatic heterocycles. The van der Waals surface area contributed by atoms with Gasteiger partial charge < -0.3 is 30.8 Å². The van der Waals surface area contributed by atoms with Crippen LogP contribution in [0, 0.1) is 0 Å². The van der Waals surface area contributed by atoms with Gasteiger partial charge in [0.1, 0.15) is 0 Å². The summed E-state index contributed by atoms with van der Waals surface area (Å²) in [6.45, 7) is 3.60. The van der Waals surface area contributed by atoms with E-state index in [1.807, 2.05) is 0 Å². The zero-order valence-corrected chi connectivity index (χ0v) is 10.6. The van der Waals surface area contributed by atoms with Crippen LogP contribution in [0.4, 0.5) is 0 Å². The smallest absolute Gasteiger partial charge is 0.550 e. The number of aliphatic carboxylic acids is 2. The van der Waals surface area contributed by atoms with Crippen LogP contribution in [0.3, 0.4) is 0 Å². The van der Waals surface area contributed by atoms with Crippen molar-refractivity contribution in [3.8, 4) is 0 Å². The Kier molecular flexibility index (Phi) is 45.8. The summed E-state index contributed by atoms with van der Waals surface area (Å²) in [5, 5.41) is 19.0. The van der Waals surface area contributed by atoms with Crippen LogP contribution in [0.5, 0.6) is 0 Å². The van der Waals surface area contributed by atoms with Crippen molar-refractivity contribution in [1.82, 2.24) is 0 Å². The molecule has 0 aromatic rings. The van der Waals surface area contributed by atoms with Gasteiger partial charge in [-0.15, -0.1) is 0 Å². The average molecular weight is 235 g/mol. The first-order valence-corrected chi connectivity index (χ1v) is 3.94. The van der Waals surface area contributed by atoms with E-state index in [0.29, 0.717) is 12.8 Å². The predicted octanol–water partition coefficient (Wildman–Crippen LogP) is -2.96. The van der Waals surface area contributed by atoms with E-state index in [-0.39, 0.29) is 46.8 Å². The molecule has 0 radical (unpaired) electrons. The Morgan fingerprint density at radius 1 is 0.867 bits per heavy atom. The molecule has 0 saturated carbocycles. The first kappa shape index (κ1) is 29.3. The summed E-state index contributed by atoms with van der Waals surface area (Å²) in [5.41, 5.74) is 0. The fraction of sp³-hybridized carbons (Fsp3) is 0.750. The third-order valence-electron chi connectivity index (χ3n) is 0.908. The number of carbonyl (C=O) groups excluding carboxylic acids is 2. The van der Waals surface area contributed by atoms with E-state index in [1.54, 1.807) is 13.8 Å². The molecule has 0 aromatic carbocycles. The van der Waals surface area contributed by atoms with Crippen molar-refractivity contribution in [2.24, 2.45) is 0 Å². The van der Waals surface area contributed by atoms with Crippen LogP contribution in [-0.4, -0.2) is 45.9 Å². The van der Waals surface area contributed by atoms with Crippen molar-refractivity contribution >= 4 is 35.0 Å². The molecular weight excluding hydrogens is 216 g/mol. The second-order valence-electron chi connectivity index (χ2n) is 2.24. The number of rotatable bonds is 4. The molecule has 0 aliphatic carbocycles. The first-order chi connectivity index (χ1) is 5.54. The molecule has 4 N–H and O–H groups in total. The molecule has 0 heterocycles. The van der Waals surface area contributed by atoms with Gasteiger partial charge in [-0.25, -0.2) is 0 Å². The molecule has 0 rings (SSSR count). The van der Waals surface area contributed by atoms with Gasteiger partial charge in [0, 0.05) is 11.9 Å². The molecular formula is C8H18MgO6. The van der Waals surface area contributed by atoms with Crippen LogP contribution in [-0.2, 0) is 9.59 Å². The van der Waals surface area contributed by atoms with E-state index in [1.165, 1.54) is 0 Å². The van der Waals surface area contributed by atoms with Gasteiger partial charge in [-0.05, 0) is 12.8 Å². The van der Waals surface area contributed by atoms with Crippen molar-refractivity contribution in [3.05, 3.63) is 0 Å². The van der Waals surface area contributed by atoms with Gasteiger partial charge in [0.25, 0.3) is 0 Å². The molecule has 0 atom stereocenters. The zero-order chi connectivity index (χ0) is 9.98. The fourth-order valence-corrected chi connectivity index (χ4v) is 0.408. The van der Waals surface area contributed by atoms with Crippen molar-refractivity contribution in [2.45, 2.75) is 39.5 Å². The van der Waals surface area contributed by atoms with Gasteiger partial charge in [-0.1, -0.05) is 26.7 Å². The summed E-state index contributed by atoms with van der Waals surface area (Å²) in [4.78, 5) is 19.0. The molecule has 0 saturated heterocycles. The Morgan fingerprint density at radius 3 is 1.07 bits per heavy atom. The molecule has 6 nitrogen and oxygen atoms in total. The van der Waals surface area contributed by atoms with Gasteiger partial charge in [0.05, 0.1) is 0 Å². The second kappa shape index (κ2) is 23.4. The third kappa shape index (κ3) is 58.2. The molecule has 0 amide bonds. The number of carboxylic acids is 2. The monoisotopic (exact) mass is 234 g/mol. The molecule has 0 aliphatic rings. The summed E-state index contributed by atoms with van der Waals surface area (Å²) in [6, 6.07) is 0. The minimum absolute atomic E-state index is 0. The topological polar surface area (TPSA) is 143 Å². The summed E-state index contributed by atoms with van der Waals surface area (Å²) < 4.78 is 0. The zero-order valence-electron chi connectivity index (χ0n) is 9.17. The molecule has 0 unspecified atom stereocenters. The van der Waals surface area contributed by atoms with Crippen molar-refractivity contribution in [1.29, 1.82) is 0 Å². The number of hydrogen-bond acceptors (Lipinski definition) is 4. The van der Waals surface area contributed by atoms with Crippen LogP contribution in [0.15, 0.2) is 0 Å². The molecule has 15 heavy (non-hydrogen) atoms. The van der Waals surface area contributed by atoms with Gasteiger partial charge >= 0.3 is 23.1 Å². The summed E-state index contributed by atoms with van der Waals surface area (Å²) in [5.74, 6) is -1.92. The van der Waals surface area contributed by atoms with Crippen LogP contribution in [0.2, 0.25) is 0 Å². The number of carboxylic acid groups (broad SMARTS) is 2. The van der Waals surface area contributed by atoms with Gasteiger partial charge in [0.15, 0.2) is 0 Å². The Hall–Kier alpha value is -0.374. The molecule has 0 spiro atoms. The van der Waals surface area contributed by atoms with Crippen LogP contribution in [0.25, 0.3) is 0 Å². The van der Waals surface area contributed by atoms with Crippen molar-refractivity contribution in [2.75, 3.05) is 0 Å². The van der Waals surface area contributed by atoms with Crippen molar-refractivity contribution < 1.29 is 30.8 Å². The largest absolute Gasteiger partial charge is 2.00 e. The molecule has 88 valence electrons. The minimum Gasteiger partial charge on any atom is -0.550 e. The van der Waals surface area contributed by atoms with Gasteiger partial charge in [0.2, 0.25) is 0 Å². The Morgan fingerprint density at radius 2 is 1.07 bits per heavy atom. The van der Waals surface area contributed by atoms with E-state index in [4.69, 9.17) is 0 Å². The molecule has 0 bridgehead atoms. The SMILES string of the molecule is CCCC(=O)[O-].CCCC(=O)[O-].O.O.[Mg+2].